The van der Waals surface area contributed by atoms with Crippen molar-refractivity contribution in [3.8, 4) is 0 Å². The van der Waals surface area contributed by atoms with E-state index in [4.69, 9.17) is 5.73 Å². The number of hydrogen-bond acceptors (Lipinski definition) is 2. The summed E-state index contributed by atoms with van der Waals surface area (Å²) >= 11 is 0. The fourth-order valence-corrected chi connectivity index (χ4v) is 0.936. The molecule has 1 fully saturated rings. The number of nitrogens with two attached hydrogens (primary N) is 1. The van der Waals surface area contributed by atoms with Crippen LogP contribution in [0, 0.1) is 5.92 Å². The van der Waals surface area contributed by atoms with Gasteiger partial charge in [0.1, 0.15) is 6.29 Å². The van der Waals surface area contributed by atoms with Crippen LogP contribution < -0.4 is 5.73 Å². The fourth-order valence-electron chi connectivity index (χ4n) is 0.936. The van der Waals surface area contributed by atoms with Crippen molar-refractivity contribution in [1.29, 1.82) is 0 Å². The van der Waals surface area contributed by atoms with Gasteiger partial charge in [0.25, 0.3) is 0 Å². The average molecular weight is 113 g/mol. The number of carbonyl (C=O) groups is 1. The first-order valence-corrected chi connectivity index (χ1v) is 3.05. The molecule has 46 valence electrons. The molecule has 0 bridgehead atoms. The molecular formula is C6H11NO. The van der Waals surface area contributed by atoms with E-state index in [0.29, 0.717) is 5.92 Å². The maximum Gasteiger partial charge on any atom is 0.136 e. The highest BCUT2D eigenvalue weighted by molar-refractivity contribution is 5.57. The predicted molar refractivity (Wildman–Crippen MR) is 31.4 cm³/mol. The smallest absolute Gasteiger partial charge is 0.136 e. The molecule has 0 aromatic carbocycles. The summed E-state index contributed by atoms with van der Waals surface area (Å²) in [6, 6.07) is -0.177. The minimum Gasteiger partial charge on any atom is -0.322 e. The average Bonchev–Trinajstić information content (AvgIpc) is 1.62. The quantitative estimate of drug-likeness (QED) is 0.524. The van der Waals surface area contributed by atoms with Crippen molar-refractivity contribution in [3.05, 3.63) is 0 Å². The van der Waals surface area contributed by atoms with Gasteiger partial charge in [-0.1, -0.05) is 6.42 Å². The summed E-state index contributed by atoms with van der Waals surface area (Å²) < 4.78 is 0. The van der Waals surface area contributed by atoms with Gasteiger partial charge in [-0.05, 0) is 18.8 Å². The van der Waals surface area contributed by atoms with E-state index in [1.54, 1.807) is 0 Å². The molecule has 8 heavy (non-hydrogen) atoms. The van der Waals surface area contributed by atoms with Crippen LogP contribution in [0.5, 0.6) is 0 Å². The molecule has 0 spiro atoms. The second-order valence-electron chi connectivity index (χ2n) is 2.40. The van der Waals surface area contributed by atoms with Gasteiger partial charge in [-0.2, -0.15) is 0 Å². The van der Waals surface area contributed by atoms with E-state index in [0.717, 1.165) is 19.1 Å². The van der Waals surface area contributed by atoms with Gasteiger partial charge >= 0.3 is 0 Å². The van der Waals surface area contributed by atoms with Crippen LogP contribution in [0.2, 0.25) is 0 Å². The zero-order chi connectivity index (χ0) is 5.98. The molecule has 2 heteroatoms. The van der Waals surface area contributed by atoms with Crippen molar-refractivity contribution in [2.75, 3.05) is 0 Å². The lowest BCUT2D eigenvalue weighted by Gasteiger charge is -2.27. The van der Waals surface area contributed by atoms with Gasteiger partial charge in [-0.25, -0.2) is 0 Å². The molecule has 0 aliphatic heterocycles. The van der Waals surface area contributed by atoms with Crippen LogP contribution in [0.1, 0.15) is 19.3 Å². The van der Waals surface area contributed by atoms with Crippen LogP contribution >= 0.6 is 0 Å². The van der Waals surface area contributed by atoms with Gasteiger partial charge in [0.2, 0.25) is 0 Å². The van der Waals surface area contributed by atoms with Gasteiger partial charge in [-0.3, -0.25) is 0 Å². The predicted octanol–water partition coefficient (Wildman–Crippen LogP) is 0.313. The van der Waals surface area contributed by atoms with Crippen molar-refractivity contribution in [2.24, 2.45) is 11.7 Å². The second kappa shape index (κ2) is 2.27. The van der Waals surface area contributed by atoms with Crippen molar-refractivity contribution in [1.82, 2.24) is 0 Å². The Bertz CT molecular complexity index is 88.5. The molecule has 1 atom stereocenters. The van der Waals surface area contributed by atoms with Crippen LogP contribution in [0.4, 0.5) is 0 Å². The molecular weight excluding hydrogens is 102 g/mol. The Balaban J connectivity index is 2.22. The molecule has 1 rings (SSSR count). The van der Waals surface area contributed by atoms with Crippen molar-refractivity contribution >= 4 is 6.29 Å². The molecule has 2 N–H and O–H groups in total. The molecule has 0 heterocycles. The Kier molecular flexibility index (Phi) is 1.63. The molecule has 0 aromatic rings. The van der Waals surface area contributed by atoms with E-state index in [1.807, 2.05) is 0 Å². The SMILES string of the molecule is NC(C=O)C1CCC1. The van der Waals surface area contributed by atoms with Crippen molar-refractivity contribution in [2.45, 2.75) is 25.3 Å². The first kappa shape index (κ1) is 5.76. The van der Waals surface area contributed by atoms with Gasteiger partial charge in [0, 0.05) is 0 Å². The minimum absolute atomic E-state index is 0.177. The Morgan fingerprint density at radius 3 is 2.38 bits per heavy atom. The lowest BCUT2D eigenvalue weighted by Crippen LogP contribution is -2.35. The summed E-state index contributed by atoms with van der Waals surface area (Å²) in [5, 5.41) is 0. The number of aldehydes is 1. The lowest BCUT2D eigenvalue weighted by atomic mass is 9.81. The molecule has 0 aromatic heterocycles. The normalized spacial score (nSPS) is 24.1. The highest BCUT2D eigenvalue weighted by Gasteiger charge is 2.23. The third-order valence-electron chi connectivity index (χ3n) is 1.85. The first-order chi connectivity index (χ1) is 3.84. The summed E-state index contributed by atoms with van der Waals surface area (Å²) in [4.78, 5) is 10.0. The van der Waals surface area contributed by atoms with Crippen LogP contribution in [-0.4, -0.2) is 12.3 Å². The Labute approximate surface area is 49.1 Å². The summed E-state index contributed by atoms with van der Waals surface area (Å²) in [6.45, 7) is 0. The van der Waals surface area contributed by atoms with E-state index in [-0.39, 0.29) is 6.04 Å². The third kappa shape index (κ3) is 0.892. The Hall–Kier alpha value is -0.370. The number of rotatable bonds is 2. The maximum absolute atomic E-state index is 10.0. The topological polar surface area (TPSA) is 43.1 Å². The van der Waals surface area contributed by atoms with Gasteiger partial charge in [0.05, 0.1) is 6.04 Å². The molecule has 1 unspecified atom stereocenters. The van der Waals surface area contributed by atoms with E-state index in [9.17, 15) is 4.79 Å². The highest BCUT2D eigenvalue weighted by Crippen LogP contribution is 2.27. The summed E-state index contributed by atoms with van der Waals surface area (Å²) in [5.74, 6) is 0.507. The number of carbonyl (C=O) groups excluding carboxylic acids is 1. The molecule has 2 nitrogen and oxygen atoms in total. The fraction of sp³-hybridized carbons (Fsp3) is 0.833. The zero-order valence-electron chi connectivity index (χ0n) is 4.84. The second-order valence-corrected chi connectivity index (χ2v) is 2.40. The monoisotopic (exact) mass is 113 g/mol. The molecule has 1 saturated carbocycles. The largest absolute Gasteiger partial charge is 0.322 e. The van der Waals surface area contributed by atoms with Crippen LogP contribution in [-0.2, 0) is 4.79 Å². The van der Waals surface area contributed by atoms with E-state index >= 15 is 0 Å². The standard InChI is InChI=1S/C6H11NO/c7-6(4-8)5-2-1-3-5/h4-6H,1-3,7H2. The van der Waals surface area contributed by atoms with Crippen LogP contribution in [0.15, 0.2) is 0 Å². The van der Waals surface area contributed by atoms with E-state index in [1.165, 1.54) is 6.42 Å². The first-order valence-electron chi connectivity index (χ1n) is 3.05. The van der Waals surface area contributed by atoms with E-state index < -0.39 is 0 Å². The third-order valence-corrected chi connectivity index (χ3v) is 1.85. The highest BCUT2D eigenvalue weighted by atomic mass is 16.1. The number of hydrogen-bond donors (Lipinski definition) is 1. The lowest BCUT2D eigenvalue weighted by molar-refractivity contribution is -0.110. The maximum atomic E-state index is 10.0. The summed E-state index contributed by atoms with van der Waals surface area (Å²) in [5.41, 5.74) is 5.41. The Morgan fingerprint density at radius 1 is 1.62 bits per heavy atom. The molecule has 1 aliphatic carbocycles. The molecule has 0 saturated heterocycles. The molecule has 1 aliphatic rings. The van der Waals surface area contributed by atoms with Gasteiger partial charge in [-0.15, -0.1) is 0 Å². The summed E-state index contributed by atoms with van der Waals surface area (Å²) in [7, 11) is 0. The van der Waals surface area contributed by atoms with Crippen molar-refractivity contribution in [3.63, 3.8) is 0 Å². The van der Waals surface area contributed by atoms with Crippen LogP contribution in [0.3, 0.4) is 0 Å². The molecule has 0 amide bonds. The zero-order valence-corrected chi connectivity index (χ0v) is 4.84. The Morgan fingerprint density at radius 2 is 2.25 bits per heavy atom. The van der Waals surface area contributed by atoms with E-state index in [2.05, 4.69) is 0 Å². The molecule has 0 radical (unpaired) electrons. The minimum atomic E-state index is -0.177. The van der Waals surface area contributed by atoms with Crippen LogP contribution in [0.25, 0.3) is 0 Å². The summed E-state index contributed by atoms with van der Waals surface area (Å²) in [6.07, 6.45) is 4.41. The van der Waals surface area contributed by atoms with Crippen molar-refractivity contribution < 1.29 is 4.79 Å². The van der Waals surface area contributed by atoms with Gasteiger partial charge < -0.3 is 10.5 Å². The van der Waals surface area contributed by atoms with Gasteiger partial charge in [0.15, 0.2) is 0 Å².